The van der Waals surface area contributed by atoms with E-state index in [1.807, 2.05) is 17.5 Å². The molecule has 0 bridgehead atoms. The molecule has 2 aromatic rings. The minimum absolute atomic E-state index is 0.0411. The van der Waals surface area contributed by atoms with E-state index < -0.39 is 15.8 Å². The van der Waals surface area contributed by atoms with Crippen LogP contribution >= 0.6 is 11.3 Å². The third kappa shape index (κ3) is 3.78. The highest BCUT2D eigenvalue weighted by Crippen LogP contribution is 2.20. The second-order valence-corrected chi connectivity index (χ2v) is 7.07. The van der Waals surface area contributed by atoms with Crippen LogP contribution in [0.4, 0.5) is 0 Å². The minimum Gasteiger partial charge on any atom is -0.387 e. The maximum Gasteiger partial charge on any atom is 0.437 e. The molecule has 110 valence electrons. The highest BCUT2D eigenvalue weighted by molar-refractivity contribution is 7.89. The van der Waals surface area contributed by atoms with Crippen molar-refractivity contribution in [3.63, 3.8) is 0 Å². The van der Waals surface area contributed by atoms with Gasteiger partial charge in [0.25, 0.3) is 5.89 Å². The summed E-state index contributed by atoms with van der Waals surface area (Å²) >= 11 is 1.43. The van der Waals surface area contributed by atoms with Crippen molar-refractivity contribution >= 4 is 21.4 Å². The molecule has 1 N–H and O–H groups in total. The topological polar surface area (TPSA) is 94.2 Å². The standard InChI is InChI=1S/C11H15N3O4S2/c1-2-20(16,17)12-6-4-7-14-11(15)18-10(13-14)9-5-3-8-19-9/h3,5,8,12H,2,4,6-7H2,1H3. The molecule has 20 heavy (non-hydrogen) atoms. The van der Waals surface area contributed by atoms with Gasteiger partial charge in [0.2, 0.25) is 10.0 Å². The number of sulfonamides is 1. The zero-order valence-corrected chi connectivity index (χ0v) is 12.5. The Balaban J connectivity index is 1.93. The van der Waals surface area contributed by atoms with E-state index in [0.29, 0.717) is 18.9 Å². The SMILES string of the molecule is CCS(=O)(=O)NCCCn1nc(-c2cccs2)oc1=O. The normalized spacial score (nSPS) is 11.8. The van der Waals surface area contributed by atoms with E-state index in [1.165, 1.54) is 16.0 Å². The van der Waals surface area contributed by atoms with Crippen molar-refractivity contribution in [2.75, 3.05) is 12.3 Å². The molecule has 0 unspecified atom stereocenters. The zero-order chi connectivity index (χ0) is 14.6. The maximum atomic E-state index is 11.6. The van der Waals surface area contributed by atoms with Crippen LogP contribution in [0.1, 0.15) is 13.3 Å². The first-order valence-corrected chi connectivity index (χ1v) is 8.64. The summed E-state index contributed by atoms with van der Waals surface area (Å²) in [5.41, 5.74) is 0. The molecule has 0 aromatic carbocycles. The molecule has 0 saturated carbocycles. The summed E-state index contributed by atoms with van der Waals surface area (Å²) in [6, 6.07) is 3.66. The molecule has 7 nitrogen and oxygen atoms in total. The fraction of sp³-hybridized carbons (Fsp3) is 0.455. The molecule has 0 aliphatic heterocycles. The van der Waals surface area contributed by atoms with E-state index in [4.69, 9.17) is 4.42 Å². The van der Waals surface area contributed by atoms with Crippen molar-refractivity contribution in [3.05, 3.63) is 28.1 Å². The van der Waals surface area contributed by atoms with Crippen molar-refractivity contribution in [1.82, 2.24) is 14.5 Å². The first-order chi connectivity index (χ1) is 9.52. The van der Waals surface area contributed by atoms with Crippen molar-refractivity contribution in [1.29, 1.82) is 0 Å². The molecule has 0 atom stereocenters. The molecule has 2 aromatic heterocycles. The molecule has 0 amide bonds. The smallest absolute Gasteiger partial charge is 0.387 e. The lowest BCUT2D eigenvalue weighted by Crippen LogP contribution is -2.28. The first kappa shape index (κ1) is 14.9. The monoisotopic (exact) mass is 317 g/mol. The Bertz CT molecular complexity index is 700. The summed E-state index contributed by atoms with van der Waals surface area (Å²) in [6.45, 7) is 2.14. The maximum absolute atomic E-state index is 11.6. The van der Waals surface area contributed by atoms with Gasteiger partial charge in [0.15, 0.2) is 0 Å². The Kier molecular flexibility index (Phi) is 4.73. The molecule has 0 fully saturated rings. The van der Waals surface area contributed by atoms with Gasteiger partial charge in [0.1, 0.15) is 0 Å². The number of aryl methyl sites for hydroxylation is 1. The number of hydrogen-bond acceptors (Lipinski definition) is 6. The van der Waals surface area contributed by atoms with Crippen molar-refractivity contribution in [3.8, 4) is 10.8 Å². The van der Waals surface area contributed by atoms with Crippen LogP contribution in [0, 0.1) is 0 Å². The summed E-state index contributed by atoms with van der Waals surface area (Å²) in [7, 11) is -3.19. The van der Waals surface area contributed by atoms with Crippen LogP contribution in [0.25, 0.3) is 10.8 Å². The number of aromatic nitrogens is 2. The molecule has 0 radical (unpaired) electrons. The Morgan fingerprint density at radius 2 is 2.30 bits per heavy atom. The molecular weight excluding hydrogens is 302 g/mol. The van der Waals surface area contributed by atoms with Gasteiger partial charge in [0, 0.05) is 13.1 Å². The average molecular weight is 317 g/mol. The van der Waals surface area contributed by atoms with Crippen LogP contribution in [-0.4, -0.2) is 30.5 Å². The zero-order valence-electron chi connectivity index (χ0n) is 10.9. The number of nitrogens with one attached hydrogen (secondary N) is 1. The largest absolute Gasteiger partial charge is 0.437 e. The van der Waals surface area contributed by atoms with Gasteiger partial charge in [-0.25, -0.2) is 17.9 Å². The lowest BCUT2D eigenvalue weighted by Gasteiger charge is -2.03. The van der Waals surface area contributed by atoms with Gasteiger partial charge >= 0.3 is 5.76 Å². The van der Waals surface area contributed by atoms with Gasteiger partial charge in [-0.05, 0) is 24.8 Å². The molecule has 0 saturated heterocycles. The number of hydrogen-bond donors (Lipinski definition) is 1. The third-order valence-corrected chi connectivity index (χ3v) is 4.85. The van der Waals surface area contributed by atoms with E-state index in [-0.39, 0.29) is 12.3 Å². The summed E-state index contributed by atoms with van der Waals surface area (Å²) in [4.78, 5) is 12.4. The minimum atomic E-state index is -3.19. The van der Waals surface area contributed by atoms with Gasteiger partial charge in [-0.1, -0.05) is 6.07 Å². The number of nitrogens with zero attached hydrogens (tertiary/aromatic N) is 2. The molecular formula is C11H15N3O4S2. The predicted octanol–water partition coefficient (Wildman–Crippen LogP) is 0.894. The Morgan fingerprint density at radius 3 is 2.95 bits per heavy atom. The van der Waals surface area contributed by atoms with E-state index >= 15 is 0 Å². The first-order valence-electron chi connectivity index (χ1n) is 6.11. The van der Waals surface area contributed by atoms with Gasteiger partial charge < -0.3 is 4.42 Å². The number of rotatable bonds is 7. The fourth-order valence-electron chi connectivity index (χ4n) is 1.51. The van der Waals surface area contributed by atoms with Crippen LogP contribution in [-0.2, 0) is 16.6 Å². The van der Waals surface area contributed by atoms with Gasteiger partial charge in [-0.15, -0.1) is 16.4 Å². The lowest BCUT2D eigenvalue weighted by molar-refractivity contribution is 0.472. The van der Waals surface area contributed by atoms with Crippen molar-refractivity contribution in [2.45, 2.75) is 19.9 Å². The quantitative estimate of drug-likeness (QED) is 0.766. The average Bonchev–Trinajstić information content (AvgIpc) is 3.04. The summed E-state index contributed by atoms with van der Waals surface area (Å²) in [6.07, 6.45) is 0.468. The van der Waals surface area contributed by atoms with Crippen molar-refractivity contribution in [2.24, 2.45) is 0 Å². The van der Waals surface area contributed by atoms with Gasteiger partial charge in [-0.3, -0.25) is 0 Å². The van der Waals surface area contributed by atoms with Gasteiger partial charge in [0.05, 0.1) is 10.6 Å². The molecule has 0 spiro atoms. The molecule has 2 rings (SSSR count). The second-order valence-electron chi connectivity index (χ2n) is 4.02. The van der Waals surface area contributed by atoms with Crippen LogP contribution in [0.3, 0.4) is 0 Å². The van der Waals surface area contributed by atoms with E-state index in [9.17, 15) is 13.2 Å². The highest BCUT2D eigenvalue weighted by Gasteiger charge is 2.11. The Morgan fingerprint density at radius 1 is 1.50 bits per heavy atom. The molecule has 0 aliphatic carbocycles. The molecule has 9 heteroatoms. The fourth-order valence-corrected chi connectivity index (χ4v) is 2.81. The van der Waals surface area contributed by atoms with Crippen LogP contribution < -0.4 is 10.5 Å². The molecule has 2 heterocycles. The second kappa shape index (κ2) is 6.33. The van der Waals surface area contributed by atoms with E-state index in [1.54, 1.807) is 6.92 Å². The number of thiophene rings is 1. The highest BCUT2D eigenvalue weighted by atomic mass is 32.2. The van der Waals surface area contributed by atoms with E-state index in [0.717, 1.165) is 4.88 Å². The lowest BCUT2D eigenvalue weighted by atomic mass is 10.4. The summed E-state index contributed by atoms with van der Waals surface area (Å²) in [5.74, 6) is -0.203. The summed E-state index contributed by atoms with van der Waals surface area (Å²) in [5, 5.41) is 5.95. The third-order valence-electron chi connectivity index (χ3n) is 2.59. The summed E-state index contributed by atoms with van der Waals surface area (Å²) < 4.78 is 31.1. The van der Waals surface area contributed by atoms with Crippen LogP contribution in [0.5, 0.6) is 0 Å². The predicted molar refractivity (Wildman–Crippen MR) is 76.2 cm³/mol. The Hall–Kier alpha value is -1.45. The van der Waals surface area contributed by atoms with Crippen LogP contribution in [0.15, 0.2) is 26.7 Å². The van der Waals surface area contributed by atoms with E-state index in [2.05, 4.69) is 9.82 Å². The Labute approximate surface area is 120 Å². The van der Waals surface area contributed by atoms with Crippen LogP contribution in [0.2, 0.25) is 0 Å². The molecule has 0 aliphatic rings. The van der Waals surface area contributed by atoms with Gasteiger partial charge in [-0.2, -0.15) is 4.68 Å². The van der Waals surface area contributed by atoms with Crippen molar-refractivity contribution < 1.29 is 12.8 Å².